The predicted octanol–water partition coefficient (Wildman–Crippen LogP) is 4.79. The molecule has 4 rings (SSSR count). The number of carbonyl (C=O) groups is 1. The molecule has 0 radical (unpaired) electrons. The van der Waals surface area contributed by atoms with Gasteiger partial charge in [0.25, 0.3) is 5.91 Å². The summed E-state index contributed by atoms with van der Waals surface area (Å²) in [5.74, 6) is 1.42. The summed E-state index contributed by atoms with van der Waals surface area (Å²) in [4.78, 5) is 18.1. The largest absolute Gasteiger partial charge is 0.327 e. The van der Waals surface area contributed by atoms with Crippen molar-refractivity contribution in [2.45, 2.75) is 65.5 Å². The van der Waals surface area contributed by atoms with E-state index in [9.17, 15) is 4.79 Å². The van der Waals surface area contributed by atoms with Crippen LogP contribution >= 0.6 is 0 Å². The van der Waals surface area contributed by atoms with Crippen molar-refractivity contribution in [1.82, 2.24) is 19.3 Å². The number of anilines is 1. The van der Waals surface area contributed by atoms with Gasteiger partial charge in [-0.3, -0.25) is 4.79 Å². The van der Waals surface area contributed by atoms with Crippen molar-refractivity contribution < 1.29 is 4.79 Å². The Labute approximate surface area is 172 Å². The average Bonchev–Trinajstić information content (AvgIpc) is 3.13. The fraction of sp³-hybridized carbons (Fsp3) is 0.435. The van der Waals surface area contributed by atoms with Crippen LogP contribution in [0.25, 0.3) is 11.4 Å². The maximum absolute atomic E-state index is 13.3. The quantitative estimate of drug-likeness (QED) is 0.698. The monoisotopic (exact) mass is 391 g/mol. The number of aromatic nitrogens is 4. The molecule has 1 aliphatic rings. The lowest BCUT2D eigenvalue weighted by molar-refractivity contribution is 0.102. The molecule has 0 spiro atoms. The topological polar surface area (TPSA) is 64.7 Å². The minimum Gasteiger partial charge on any atom is -0.327 e. The third kappa shape index (κ3) is 3.84. The maximum Gasteiger partial charge on any atom is 0.277 e. The Hall–Kier alpha value is -2.89. The molecule has 3 aromatic rings. The summed E-state index contributed by atoms with van der Waals surface area (Å²) in [6.07, 6.45) is 4.24. The highest BCUT2D eigenvalue weighted by molar-refractivity contribution is 6.03. The van der Waals surface area contributed by atoms with Crippen LogP contribution in [0, 0.1) is 6.92 Å². The number of benzene rings is 1. The van der Waals surface area contributed by atoms with E-state index < -0.39 is 0 Å². The van der Waals surface area contributed by atoms with Crippen molar-refractivity contribution in [2.75, 3.05) is 5.32 Å². The number of rotatable bonds is 3. The van der Waals surface area contributed by atoms with Crippen LogP contribution in [0.15, 0.2) is 36.4 Å². The first-order valence-electron chi connectivity index (χ1n) is 10.4. The lowest BCUT2D eigenvalue weighted by Crippen LogP contribution is -2.27. The molecule has 0 saturated heterocycles. The van der Waals surface area contributed by atoms with E-state index in [0.29, 0.717) is 11.5 Å². The summed E-state index contributed by atoms with van der Waals surface area (Å²) < 4.78 is 4.11. The second-order valence-corrected chi connectivity index (χ2v) is 8.77. The summed E-state index contributed by atoms with van der Waals surface area (Å²) in [7, 11) is 0. The molecule has 0 aliphatic carbocycles. The molecule has 3 heterocycles. The number of hydrogen-bond acceptors (Lipinski definition) is 3. The van der Waals surface area contributed by atoms with Gasteiger partial charge in [-0.15, -0.1) is 0 Å². The van der Waals surface area contributed by atoms with Gasteiger partial charge >= 0.3 is 0 Å². The lowest BCUT2D eigenvalue weighted by Gasteiger charge is -2.22. The van der Waals surface area contributed by atoms with Crippen LogP contribution in [0.4, 0.5) is 5.82 Å². The molecule has 1 amide bonds. The highest BCUT2D eigenvalue weighted by Crippen LogP contribution is 2.28. The second kappa shape index (κ2) is 7.50. The Bertz CT molecular complexity index is 1020. The molecule has 1 N–H and O–H groups in total. The Morgan fingerprint density at radius 1 is 1.10 bits per heavy atom. The van der Waals surface area contributed by atoms with Crippen LogP contribution in [0.1, 0.15) is 61.9 Å². The number of hydrogen-bond donors (Lipinski definition) is 1. The van der Waals surface area contributed by atoms with Gasteiger partial charge in [-0.05, 0) is 47.0 Å². The molecular formula is C23H29N5O. The zero-order valence-corrected chi connectivity index (χ0v) is 17.7. The third-order valence-corrected chi connectivity index (χ3v) is 5.32. The van der Waals surface area contributed by atoms with E-state index in [0.717, 1.165) is 48.6 Å². The smallest absolute Gasteiger partial charge is 0.277 e. The van der Waals surface area contributed by atoms with Gasteiger partial charge in [0.2, 0.25) is 0 Å². The molecule has 0 saturated carbocycles. The Morgan fingerprint density at radius 2 is 1.86 bits per heavy atom. The normalized spacial score (nSPS) is 14.3. The molecule has 1 aliphatic heterocycles. The zero-order chi connectivity index (χ0) is 20.6. The van der Waals surface area contributed by atoms with Crippen LogP contribution in [0.5, 0.6) is 0 Å². The summed E-state index contributed by atoms with van der Waals surface area (Å²) >= 11 is 0. The van der Waals surface area contributed by atoms with E-state index in [1.807, 2.05) is 35.9 Å². The number of fused-ring (bicyclic) bond motifs is 1. The first kappa shape index (κ1) is 19.4. The zero-order valence-electron chi connectivity index (χ0n) is 17.7. The number of nitrogens with one attached hydrogen (secondary N) is 1. The molecular weight excluding hydrogens is 362 g/mol. The van der Waals surface area contributed by atoms with Gasteiger partial charge in [0, 0.05) is 18.2 Å². The fourth-order valence-corrected chi connectivity index (χ4v) is 3.98. The van der Waals surface area contributed by atoms with Crippen LogP contribution in [-0.4, -0.2) is 25.2 Å². The molecule has 0 bridgehead atoms. The van der Waals surface area contributed by atoms with Crippen molar-refractivity contribution in [2.24, 2.45) is 0 Å². The number of carbonyl (C=O) groups excluding carboxylic acids is 1. The second-order valence-electron chi connectivity index (χ2n) is 8.77. The summed E-state index contributed by atoms with van der Waals surface area (Å²) in [6, 6.07) is 12.0. The first-order valence-corrected chi connectivity index (χ1v) is 10.4. The van der Waals surface area contributed by atoms with Gasteiger partial charge in [-0.1, -0.05) is 36.8 Å². The number of aryl methyl sites for hydroxylation is 1. The van der Waals surface area contributed by atoms with Gasteiger partial charge in [0.1, 0.15) is 17.3 Å². The van der Waals surface area contributed by atoms with Crippen molar-refractivity contribution in [3.05, 3.63) is 53.5 Å². The van der Waals surface area contributed by atoms with E-state index in [4.69, 9.17) is 4.98 Å². The van der Waals surface area contributed by atoms with Gasteiger partial charge in [-0.2, -0.15) is 5.10 Å². The standard InChI is InChI=1S/C23H29N5O/c1-16-15-19(28(26-16)23(2,3)4)24-22(29)20-18-13-9-6-10-14-27(18)21(25-20)17-11-7-5-8-12-17/h5,7-8,11-12,15H,6,9-10,13-14H2,1-4H3,(H,24,29). The highest BCUT2D eigenvalue weighted by Gasteiger charge is 2.26. The summed E-state index contributed by atoms with van der Waals surface area (Å²) in [6.45, 7) is 9.06. The van der Waals surface area contributed by atoms with Crippen LogP contribution in [-0.2, 0) is 18.5 Å². The van der Waals surface area contributed by atoms with Crippen LogP contribution in [0.3, 0.4) is 0 Å². The SMILES string of the molecule is Cc1cc(NC(=O)c2nc(-c3ccccc3)n3c2CCCCC3)n(C(C)(C)C)n1. The Kier molecular flexibility index (Phi) is 5.03. The van der Waals surface area contributed by atoms with E-state index in [-0.39, 0.29) is 11.4 Å². The molecule has 0 atom stereocenters. The lowest BCUT2D eigenvalue weighted by atomic mass is 10.1. The Morgan fingerprint density at radius 3 is 2.59 bits per heavy atom. The van der Waals surface area contributed by atoms with Gasteiger partial charge in [0.15, 0.2) is 0 Å². The Balaban J connectivity index is 1.74. The van der Waals surface area contributed by atoms with E-state index in [2.05, 4.69) is 47.9 Å². The number of amides is 1. The number of nitrogens with zero attached hydrogens (tertiary/aromatic N) is 4. The third-order valence-electron chi connectivity index (χ3n) is 5.32. The minimum atomic E-state index is -0.225. The van der Waals surface area contributed by atoms with E-state index in [1.165, 1.54) is 6.42 Å². The molecule has 0 unspecified atom stereocenters. The molecule has 6 heteroatoms. The molecule has 29 heavy (non-hydrogen) atoms. The molecule has 1 aromatic carbocycles. The van der Waals surface area contributed by atoms with Crippen molar-refractivity contribution in [3.63, 3.8) is 0 Å². The summed E-state index contributed by atoms with van der Waals surface area (Å²) in [5.41, 5.74) is 3.27. The fourth-order valence-electron chi connectivity index (χ4n) is 3.98. The van der Waals surface area contributed by atoms with Gasteiger partial charge in [0.05, 0.1) is 16.9 Å². The van der Waals surface area contributed by atoms with E-state index >= 15 is 0 Å². The van der Waals surface area contributed by atoms with Crippen molar-refractivity contribution in [1.29, 1.82) is 0 Å². The van der Waals surface area contributed by atoms with Gasteiger partial charge < -0.3 is 9.88 Å². The van der Waals surface area contributed by atoms with Crippen LogP contribution in [0.2, 0.25) is 0 Å². The highest BCUT2D eigenvalue weighted by atomic mass is 16.2. The molecule has 2 aromatic heterocycles. The van der Waals surface area contributed by atoms with E-state index in [1.54, 1.807) is 0 Å². The van der Waals surface area contributed by atoms with Crippen molar-refractivity contribution >= 4 is 11.7 Å². The summed E-state index contributed by atoms with van der Waals surface area (Å²) in [5, 5.41) is 7.64. The number of imidazole rings is 1. The average molecular weight is 392 g/mol. The maximum atomic E-state index is 13.3. The minimum absolute atomic E-state index is 0.164. The first-order chi connectivity index (χ1) is 13.8. The van der Waals surface area contributed by atoms with Crippen LogP contribution < -0.4 is 5.32 Å². The molecule has 6 nitrogen and oxygen atoms in total. The molecule has 152 valence electrons. The van der Waals surface area contributed by atoms with Gasteiger partial charge in [-0.25, -0.2) is 9.67 Å². The predicted molar refractivity (Wildman–Crippen MR) is 115 cm³/mol. The van der Waals surface area contributed by atoms with Crippen molar-refractivity contribution in [3.8, 4) is 11.4 Å². The molecule has 0 fully saturated rings.